The van der Waals surface area contributed by atoms with E-state index in [0.717, 1.165) is 5.56 Å². The molecule has 0 aromatic heterocycles. The van der Waals surface area contributed by atoms with E-state index in [4.69, 9.17) is 5.73 Å². The van der Waals surface area contributed by atoms with Crippen LogP contribution >= 0.6 is 0 Å². The number of nitrogens with two attached hydrogens (primary N) is 1. The van der Waals surface area contributed by atoms with Gasteiger partial charge in [0.05, 0.1) is 0 Å². The van der Waals surface area contributed by atoms with Crippen LogP contribution in [0, 0.1) is 0 Å². The predicted molar refractivity (Wildman–Crippen MR) is 58.3 cm³/mol. The molecule has 0 fully saturated rings. The summed E-state index contributed by atoms with van der Waals surface area (Å²) in [5.41, 5.74) is 5.61. The maximum Gasteiger partial charge on any atom is 0.284 e. The van der Waals surface area contributed by atoms with Gasteiger partial charge in [-0.1, -0.05) is 44.2 Å². The van der Waals surface area contributed by atoms with Crippen molar-refractivity contribution in [3.63, 3.8) is 0 Å². The molecule has 0 aliphatic heterocycles. The molecule has 0 aliphatic carbocycles. The fourth-order valence-electron chi connectivity index (χ4n) is 1.48. The number of rotatable bonds is 4. The first-order chi connectivity index (χ1) is 6.93. The van der Waals surface area contributed by atoms with Gasteiger partial charge in [-0.3, -0.25) is 9.59 Å². The van der Waals surface area contributed by atoms with Crippen molar-refractivity contribution < 1.29 is 9.59 Å². The van der Waals surface area contributed by atoms with Gasteiger partial charge < -0.3 is 5.73 Å². The van der Waals surface area contributed by atoms with Crippen molar-refractivity contribution in [2.75, 3.05) is 0 Å². The quantitative estimate of drug-likeness (QED) is 0.755. The van der Waals surface area contributed by atoms with Crippen molar-refractivity contribution in [1.29, 1.82) is 0 Å². The van der Waals surface area contributed by atoms with Crippen molar-refractivity contribution >= 4 is 11.7 Å². The number of carbonyl (C=O) groups excluding carboxylic acids is 2. The van der Waals surface area contributed by atoms with Gasteiger partial charge in [-0.05, 0) is 11.0 Å². The molecule has 0 unspecified atom stereocenters. The Labute approximate surface area is 89.3 Å². The Bertz CT molecular complexity index is 368. The second-order valence-electron chi connectivity index (χ2n) is 4.21. The van der Waals surface area contributed by atoms with Crippen LogP contribution in [-0.4, -0.2) is 11.7 Å². The molecule has 3 nitrogen and oxygen atoms in total. The van der Waals surface area contributed by atoms with Gasteiger partial charge in [0.25, 0.3) is 5.91 Å². The summed E-state index contributed by atoms with van der Waals surface area (Å²) in [5, 5.41) is 0. The summed E-state index contributed by atoms with van der Waals surface area (Å²) in [6.07, 6.45) is 0.145. The summed E-state index contributed by atoms with van der Waals surface area (Å²) in [4.78, 5) is 21.9. The summed E-state index contributed by atoms with van der Waals surface area (Å²) >= 11 is 0. The number of benzene rings is 1. The van der Waals surface area contributed by atoms with E-state index in [2.05, 4.69) is 0 Å². The van der Waals surface area contributed by atoms with E-state index in [1.165, 1.54) is 0 Å². The van der Waals surface area contributed by atoms with Crippen molar-refractivity contribution in [3.8, 4) is 0 Å². The second kappa shape index (κ2) is 4.26. The van der Waals surface area contributed by atoms with Gasteiger partial charge in [-0.25, -0.2) is 0 Å². The molecule has 15 heavy (non-hydrogen) atoms. The molecule has 0 aliphatic rings. The zero-order valence-corrected chi connectivity index (χ0v) is 8.99. The monoisotopic (exact) mass is 205 g/mol. The Morgan fingerprint density at radius 3 is 2.20 bits per heavy atom. The van der Waals surface area contributed by atoms with Gasteiger partial charge in [-0.15, -0.1) is 0 Å². The van der Waals surface area contributed by atoms with E-state index in [-0.39, 0.29) is 11.8 Å². The maximum atomic E-state index is 11.3. The largest absolute Gasteiger partial charge is 0.363 e. The standard InChI is InChI=1S/C12H15NO2/c1-12(2,8-10(14)11(13)15)9-6-4-3-5-7-9/h3-7H,8H2,1-2H3,(H2,13,15). The van der Waals surface area contributed by atoms with Crippen molar-refractivity contribution in [2.45, 2.75) is 25.7 Å². The molecule has 1 rings (SSSR count). The van der Waals surface area contributed by atoms with E-state index >= 15 is 0 Å². The highest BCUT2D eigenvalue weighted by atomic mass is 16.2. The van der Waals surface area contributed by atoms with Gasteiger partial charge >= 0.3 is 0 Å². The zero-order valence-electron chi connectivity index (χ0n) is 8.99. The molecular weight excluding hydrogens is 190 g/mol. The highest BCUT2D eigenvalue weighted by Crippen LogP contribution is 2.26. The smallest absolute Gasteiger partial charge is 0.284 e. The van der Waals surface area contributed by atoms with Crippen LogP contribution in [0.3, 0.4) is 0 Å². The first kappa shape index (κ1) is 11.4. The highest BCUT2D eigenvalue weighted by Gasteiger charge is 2.26. The van der Waals surface area contributed by atoms with Gasteiger partial charge in [0.2, 0.25) is 5.78 Å². The zero-order chi connectivity index (χ0) is 11.5. The number of carbonyl (C=O) groups is 2. The molecule has 0 saturated heterocycles. The lowest BCUT2D eigenvalue weighted by atomic mass is 9.80. The summed E-state index contributed by atoms with van der Waals surface area (Å²) in [6, 6.07) is 9.61. The lowest BCUT2D eigenvalue weighted by Crippen LogP contribution is -2.30. The third-order valence-corrected chi connectivity index (χ3v) is 2.43. The minimum absolute atomic E-state index is 0.145. The lowest BCUT2D eigenvalue weighted by Gasteiger charge is -2.23. The summed E-state index contributed by atoms with van der Waals surface area (Å²) in [6.45, 7) is 3.84. The summed E-state index contributed by atoms with van der Waals surface area (Å²) in [5.74, 6) is -1.39. The van der Waals surface area contributed by atoms with Crippen LogP contribution < -0.4 is 5.73 Å². The average molecular weight is 205 g/mol. The van der Waals surface area contributed by atoms with E-state index < -0.39 is 11.7 Å². The summed E-state index contributed by atoms with van der Waals surface area (Å²) in [7, 11) is 0. The molecule has 1 aromatic carbocycles. The van der Waals surface area contributed by atoms with Crippen LogP contribution in [0.4, 0.5) is 0 Å². The van der Waals surface area contributed by atoms with Crippen LogP contribution in [0.25, 0.3) is 0 Å². The van der Waals surface area contributed by atoms with Crippen LogP contribution in [-0.2, 0) is 15.0 Å². The molecule has 80 valence electrons. The molecule has 3 heteroatoms. The Morgan fingerprint density at radius 2 is 1.73 bits per heavy atom. The van der Waals surface area contributed by atoms with Crippen LogP contribution in [0.15, 0.2) is 30.3 Å². The molecule has 2 N–H and O–H groups in total. The Kier molecular flexibility index (Phi) is 3.24. The molecule has 0 spiro atoms. The normalized spacial score (nSPS) is 11.1. The van der Waals surface area contributed by atoms with Crippen molar-refractivity contribution in [2.24, 2.45) is 5.73 Å². The highest BCUT2D eigenvalue weighted by molar-refractivity contribution is 6.35. The maximum absolute atomic E-state index is 11.3. The van der Waals surface area contributed by atoms with E-state index in [1.807, 2.05) is 44.2 Å². The molecule has 0 atom stereocenters. The number of Topliss-reactive ketones (excluding diaryl/α,β-unsaturated/α-hetero) is 1. The van der Waals surface area contributed by atoms with E-state index in [0.29, 0.717) is 0 Å². The average Bonchev–Trinajstić information content (AvgIpc) is 2.18. The Morgan fingerprint density at radius 1 is 1.20 bits per heavy atom. The molecule has 0 bridgehead atoms. The van der Waals surface area contributed by atoms with Crippen LogP contribution in [0.5, 0.6) is 0 Å². The van der Waals surface area contributed by atoms with E-state index in [1.54, 1.807) is 0 Å². The second-order valence-corrected chi connectivity index (χ2v) is 4.21. The van der Waals surface area contributed by atoms with Gasteiger partial charge in [-0.2, -0.15) is 0 Å². The third-order valence-electron chi connectivity index (χ3n) is 2.43. The number of ketones is 1. The Balaban J connectivity index is 2.85. The van der Waals surface area contributed by atoms with Gasteiger partial charge in [0.1, 0.15) is 0 Å². The molecule has 1 amide bonds. The fraction of sp³-hybridized carbons (Fsp3) is 0.333. The summed E-state index contributed by atoms with van der Waals surface area (Å²) < 4.78 is 0. The third kappa shape index (κ3) is 2.91. The van der Waals surface area contributed by atoms with Gasteiger partial charge in [0, 0.05) is 6.42 Å². The first-order valence-electron chi connectivity index (χ1n) is 4.81. The molecule has 0 heterocycles. The topological polar surface area (TPSA) is 60.2 Å². The van der Waals surface area contributed by atoms with E-state index in [9.17, 15) is 9.59 Å². The van der Waals surface area contributed by atoms with Crippen LogP contribution in [0.2, 0.25) is 0 Å². The minimum Gasteiger partial charge on any atom is -0.363 e. The molecule has 0 radical (unpaired) electrons. The fourth-order valence-corrected chi connectivity index (χ4v) is 1.48. The van der Waals surface area contributed by atoms with Gasteiger partial charge in [0.15, 0.2) is 0 Å². The number of amides is 1. The lowest BCUT2D eigenvalue weighted by molar-refractivity contribution is -0.136. The molecule has 0 saturated carbocycles. The predicted octanol–water partition coefficient (Wildman–Crippen LogP) is 1.41. The number of hydrogen-bond acceptors (Lipinski definition) is 2. The first-order valence-corrected chi connectivity index (χ1v) is 4.81. The van der Waals surface area contributed by atoms with Crippen LogP contribution in [0.1, 0.15) is 25.8 Å². The Hall–Kier alpha value is -1.64. The van der Waals surface area contributed by atoms with Crippen molar-refractivity contribution in [3.05, 3.63) is 35.9 Å². The number of hydrogen-bond donors (Lipinski definition) is 1. The molecule has 1 aromatic rings. The minimum atomic E-state index is -0.862. The SMILES string of the molecule is CC(C)(CC(=O)C(N)=O)c1ccccc1. The van der Waals surface area contributed by atoms with Crippen molar-refractivity contribution in [1.82, 2.24) is 0 Å². The molecular formula is C12H15NO2. The number of primary amides is 1.